The molecule has 0 radical (unpaired) electrons. The van der Waals surface area contributed by atoms with Gasteiger partial charge in [0.1, 0.15) is 5.54 Å². The molecule has 1 atom stereocenters. The number of hydrogen-bond acceptors (Lipinski definition) is 4. The van der Waals surface area contributed by atoms with Gasteiger partial charge in [-0.3, -0.25) is 4.99 Å². The molecule has 1 aliphatic heterocycles. The zero-order valence-electron chi connectivity index (χ0n) is 10.7. The van der Waals surface area contributed by atoms with Crippen molar-refractivity contribution in [1.82, 2.24) is 4.90 Å². The highest BCUT2D eigenvalue weighted by molar-refractivity contribution is 5.81. The number of hydrogen-bond donors (Lipinski definition) is 1. The number of rotatable bonds is 5. The number of benzene rings is 1. The Kier molecular flexibility index (Phi) is 3.67. The maximum Gasteiger partial charge on any atom is 0.192 e. The number of nitrogens with two attached hydrogens (primary N) is 1. The minimum atomic E-state index is -0.311. The van der Waals surface area contributed by atoms with E-state index >= 15 is 0 Å². The van der Waals surface area contributed by atoms with Crippen molar-refractivity contribution in [2.24, 2.45) is 10.7 Å². The van der Waals surface area contributed by atoms with Crippen LogP contribution in [0.25, 0.3) is 0 Å². The van der Waals surface area contributed by atoms with Crippen LogP contribution >= 0.6 is 0 Å². The SMILES string of the molecule is C=CCN1C(N)=NCC1(COC)c1ccccc1. The Bertz CT molecular complexity index is 444. The highest BCUT2D eigenvalue weighted by Gasteiger charge is 2.43. The van der Waals surface area contributed by atoms with Crippen LogP contribution in [-0.2, 0) is 10.3 Å². The van der Waals surface area contributed by atoms with E-state index in [-0.39, 0.29) is 5.54 Å². The summed E-state index contributed by atoms with van der Waals surface area (Å²) < 4.78 is 5.40. The van der Waals surface area contributed by atoms with Gasteiger partial charge >= 0.3 is 0 Å². The highest BCUT2D eigenvalue weighted by Crippen LogP contribution is 2.33. The lowest BCUT2D eigenvalue weighted by atomic mass is 9.89. The first-order valence-electron chi connectivity index (χ1n) is 5.97. The highest BCUT2D eigenvalue weighted by atomic mass is 16.5. The zero-order chi connectivity index (χ0) is 13.0. The Morgan fingerprint density at radius 1 is 1.50 bits per heavy atom. The molecule has 2 N–H and O–H groups in total. The predicted molar refractivity (Wildman–Crippen MR) is 73.4 cm³/mol. The summed E-state index contributed by atoms with van der Waals surface area (Å²) in [6.07, 6.45) is 1.83. The smallest absolute Gasteiger partial charge is 0.192 e. The Hall–Kier alpha value is -1.81. The van der Waals surface area contributed by atoms with E-state index in [1.54, 1.807) is 7.11 Å². The van der Waals surface area contributed by atoms with E-state index < -0.39 is 0 Å². The fourth-order valence-corrected chi connectivity index (χ4v) is 2.44. The summed E-state index contributed by atoms with van der Waals surface area (Å²) in [6.45, 7) is 5.61. The molecule has 0 fully saturated rings. The summed E-state index contributed by atoms with van der Waals surface area (Å²) in [7, 11) is 1.70. The average Bonchev–Trinajstić information content (AvgIpc) is 2.71. The molecule has 2 rings (SSSR count). The molecule has 0 saturated carbocycles. The zero-order valence-corrected chi connectivity index (χ0v) is 10.7. The molecule has 1 aromatic rings. The summed E-state index contributed by atoms with van der Waals surface area (Å²) in [4.78, 5) is 6.43. The summed E-state index contributed by atoms with van der Waals surface area (Å²) in [6, 6.07) is 10.2. The Morgan fingerprint density at radius 3 is 2.83 bits per heavy atom. The monoisotopic (exact) mass is 245 g/mol. The van der Waals surface area contributed by atoms with Crippen molar-refractivity contribution in [3.8, 4) is 0 Å². The van der Waals surface area contributed by atoms with Crippen molar-refractivity contribution in [3.05, 3.63) is 48.6 Å². The number of nitrogens with zero attached hydrogens (tertiary/aromatic N) is 2. The van der Waals surface area contributed by atoms with Crippen LogP contribution in [0.3, 0.4) is 0 Å². The van der Waals surface area contributed by atoms with Crippen molar-refractivity contribution in [2.75, 3.05) is 26.8 Å². The molecule has 1 aliphatic rings. The van der Waals surface area contributed by atoms with Gasteiger partial charge in [-0.05, 0) is 5.56 Å². The molecule has 4 nitrogen and oxygen atoms in total. The lowest BCUT2D eigenvalue weighted by Gasteiger charge is -2.38. The number of guanidine groups is 1. The largest absolute Gasteiger partial charge is 0.382 e. The lowest BCUT2D eigenvalue weighted by molar-refractivity contribution is 0.0699. The van der Waals surface area contributed by atoms with Crippen molar-refractivity contribution in [3.63, 3.8) is 0 Å². The van der Waals surface area contributed by atoms with Crippen LogP contribution < -0.4 is 5.73 Å². The second-order valence-corrected chi connectivity index (χ2v) is 4.40. The molecular weight excluding hydrogens is 226 g/mol. The third-order valence-corrected chi connectivity index (χ3v) is 3.30. The fourth-order valence-electron chi connectivity index (χ4n) is 2.44. The van der Waals surface area contributed by atoms with Gasteiger partial charge in [0.25, 0.3) is 0 Å². The third-order valence-electron chi connectivity index (χ3n) is 3.30. The third kappa shape index (κ3) is 1.99. The number of methoxy groups -OCH3 is 1. The second kappa shape index (κ2) is 5.23. The molecular formula is C14H19N3O. The number of aliphatic imine (C=N–C) groups is 1. The Morgan fingerprint density at radius 2 is 2.22 bits per heavy atom. The van der Waals surface area contributed by atoms with E-state index in [0.29, 0.717) is 25.7 Å². The molecule has 0 bridgehead atoms. The van der Waals surface area contributed by atoms with E-state index in [1.807, 2.05) is 24.3 Å². The van der Waals surface area contributed by atoms with E-state index in [9.17, 15) is 0 Å². The standard InChI is InChI=1S/C14H19N3O/c1-3-9-17-13(15)16-10-14(17,11-18-2)12-7-5-4-6-8-12/h3-8H,1,9-11H2,2H3,(H2,15,16). The molecule has 4 heteroatoms. The van der Waals surface area contributed by atoms with Gasteiger partial charge in [-0.1, -0.05) is 36.4 Å². The molecule has 0 amide bonds. The van der Waals surface area contributed by atoms with Crippen LogP contribution in [0.15, 0.2) is 48.0 Å². The van der Waals surface area contributed by atoms with Gasteiger partial charge in [0, 0.05) is 13.7 Å². The normalized spacial score (nSPS) is 22.9. The van der Waals surface area contributed by atoms with Crippen LogP contribution in [0.5, 0.6) is 0 Å². The topological polar surface area (TPSA) is 50.8 Å². The molecule has 1 unspecified atom stereocenters. The Balaban J connectivity index is 2.41. The minimum absolute atomic E-state index is 0.311. The van der Waals surface area contributed by atoms with Crippen LogP contribution in [0.2, 0.25) is 0 Å². The summed E-state index contributed by atoms with van der Waals surface area (Å²) >= 11 is 0. The molecule has 0 saturated heterocycles. The van der Waals surface area contributed by atoms with Gasteiger partial charge in [-0.25, -0.2) is 0 Å². The fraction of sp³-hybridized carbons (Fsp3) is 0.357. The first-order chi connectivity index (χ1) is 8.74. The minimum Gasteiger partial charge on any atom is -0.382 e. The van der Waals surface area contributed by atoms with Gasteiger partial charge < -0.3 is 15.4 Å². The van der Waals surface area contributed by atoms with Crippen molar-refractivity contribution in [2.45, 2.75) is 5.54 Å². The van der Waals surface area contributed by atoms with E-state index in [2.05, 4.69) is 28.6 Å². The van der Waals surface area contributed by atoms with Gasteiger partial charge in [0.2, 0.25) is 0 Å². The lowest BCUT2D eigenvalue weighted by Crippen LogP contribution is -2.52. The van der Waals surface area contributed by atoms with Gasteiger partial charge in [0.05, 0.1) is 13.2 Å². The van der Waals surface area contributed by atoms with Crippen LogP contribution in [0, 0.1) is 0 Å². The van der Waals surface area contributed by atoms with Gasteiger partial charge in [-0.15, -0.1) is 6.58 Å². The van der Waals surface area contributed by atoms with E-state index in [0.717, 1.165) is 5.56 Å². The van der Waals surface area contributed by atoms with E-state index in [1.165, 1.54) is 0 Å². The first-order valence-corrected chi connectivity index (χ1v) is 5.97. The average molecular weight is 245 g/mol. The Labute approximate surface area is 108 Å². The van der Waals surface area contributed by atoms with Crippen LogP contribution in [0.1, 0.15) is 5.56 Å². The summed E-state index contributed by atoms with van der Waals surface area (Å²) in [5.74, 6) is 0.552. The van der Waals surface area contributed by atoms with E-state index in [4.69, 9.17) is 10.5 Å². The van der Waals surface area contributed by atoms with Crippen molar-refractivity contribution in [1.29, 1.82) is 0 Å². The molecule has 0 aliphatic carbocycles. The maximum atomic E-state index is 5.98. The van der Waals surface area contributed by atoms with Crippen molar-refractivity contribution >= 4 is 5.96 Å². The first kappa shape index (κ1) is 12.6. The molecule has 18 heavy (non-hydrogen) atoms. The van der Waals surface area contributed by atoms with Gasteiger partial charge in [-0.2, -0.15) is 0 Å². The molecule has 0 spiro atoms. The van der Waals surface area contributed by atoms with Gasteiger partial charge in [0.15, 0.2) is 5.96 Å². The van der Waals surface area contributed by atoms with Crippen molar-refractivity contribution < 1.29 is 4.74 Å². The van der Waals surface area contributed by atoms with Crippen LogP contribution in [0.4, 0.5) is 0 Å². The predicted octanol–water partition coefficient (Wildman–Crippen LogP) is 1.34. The number of ether oxygens (including phenoxy) is 1. The van der Waals surface area contributed by atoms with Crippen LogP contribution in [-0.4, -0.2) is 37.7 Å². The molecule has 0 aromatic heterocycles. The quantitative estimate of drug-likeness (QED) is 0.797. The summed E-state index contributed by atoms with van der Waals surface area (Å²) in [5.41, 5.74) is 6.83. The summed E-state index contributed by atoms with van der Waals surface area (Å²) in [5, 5.41) is 0. The second-order valence-electron chi connectivity index (χ2n) is 4.40. The molecule has 1 aromatic carbocycles. The molecule has 96 valence electrons. The maximum absolute atomic E-state index is 5.98. The molecule has 1 heterocycles.